The highest BCUT2D eigenvalue weighted by Crippen LogP contribution is 2.28. The van der Waals surface area contributed by atoms with Gasteiger partial charge in [-0.2, -0.15) is 0 Å². The van der Waals surface area contributed by atoms with E-state index in [0.29, 0.717) is 0 Å². The molecule has 232 valence electrons. The normalized spacial score (nSPS) is 22.6. The van der Waals surface area contributed by atoms with Crippen molar-refractivity contribution in [2.45, 2.75) is 192 Å². The van der Waals surface area contributed by atoms with E-state index in [2.05, 4.69) is 19.1 Å². The molecule has 1 saturated heterocycles. The summed E-state index contributed by atoms with van der Waals surface area (Å²) in [7, 11) is 0. The van der Waals surface area contributed by atoms with E-state index in [1.807, 2.05) is 13.0 Å². The molecule has 0 aromatic rings. The minimum atomic E-state index is -0.433. The van der Waals surface area contributed by atoms with Crippen molar-refractivity contribution in [3.8, 4) is 0 Å². The molecule has 0 saturated carbocycles. The number of unbranched alkanes of at least 4 members (excludes halogenated alkanes) is 15. The van der Waals surface area contributed by atoms with E-state index in [9.17, 15) is 15.0 Å². The summed E-state index contributed by atoms with van der Waals surface area (Å²) in [6.07, 6.45) is 31.6. The Hall–Kier alpha value is -1.17. The molecule has 2 aliphatic heterocycles. The van der Waals surface area contributed by atoms with Crippen molar-refractivity contribution >= 4 is 5.97 Å². The van der Waals surface area contributed by atoms with Gasteiger partial charge in [0.25, 0.3) is 0 Å². The third-order valence-corrected chi connectivity index (χ3v) is 8.65. The lowest BCUT2D eigenvalue weighted by Crippen LogP contribution is -2.30. The molecule has 0 radical (unpaired) electrons. The number of aliphatic hydroxyl groups excluding tert-OH is 2. The third kappa shape index (κ3) is 15.7. The van der Waals surface area contributed by atoms with Crippen LogP contribution in [0.2, 0.25) is 0 Å². The summed E-state index contributed by atoms with van der Waals surface area (Å²) in [4.78, 5) is 11.6. The fourth-order valence-electron chi connectivity index (χ4n) is 6.07. The molecule has 5 nitrogen and oxygen atoms in total. The lowest BCUT2D eigenvalue weighted by Gasteiger charge is -2.22. The summed E-state index contributed by atoms with van der Waals surface area (Å²) < 4.78 is 11.2. The molecule has 2 aliphatic rings. The van der Waals surface area contributed by atoms with E-state index in [1.54, 1.807) is 0 Å². The summed E-state index contributed by atoms with van der Waals surface area (Å²) in [5, 5.41) is 21.2. The maximum atomic E-state index is 11.6. The van der Waals surface area contributed by atoms with Crippen LogP contribution in [0.4, 0.5) is 0 Å². The molecule has 40 heavy (non-hydrogen) atoms. The van der Waals surface area contributed by atoms with Gasteiger partial charge in [0, 0.05) is 5.57 Å². The fraction of sp³-hybridized carbons (Fsp3) is 0.857. The molecule has 2 heterocycles. The summed E-state index contributed by atoms with van der Waals surface area (Å²) in [6.45, 7) is 4.17. The van der Waals surface area contributed by atoms with Crippen molar-refractivity contribution in [2.24, 2.45) is 0 Å². The highest BCUT2D eigenvalue weighted by atomic mass is 16.5. The Balaban J connectivity index is 1.38. The monoisotopic (exact) mass is 562 g/mol. The Kier molecular flexibility index (Phi) is 19.6. The van der Waals surface area contributed by atoms with Crippen LogP contribution in [0.25, 0.3) is 0 Å². The van der Waals surface area contributed by atoms with Gasteiger partial charge in [-0.15, -0.1) is 0 Å². The summed E-state index contributed by atoms with van der Waals surface area (Å²) in [6, 6.07) is 0. The number of rotatable bonds is 25. The Morgan fingerprint density at radius 2 is 1.27 bits per heavy atom. The van der Waals surface area contributed by atoms with Crippen LogP contribution >= 0.6 is 0 Å². The van der Waals surface area contributed by atoms with Crippen molar-refractivity contribution in [3.05, 3.63) is 23.8 Å². The van der Waals surface area contributed by atoms with Gasteiger partial charge in [0.1, 0.15) is 6.10 Å². The van der Waals surface area contributed by atoms with Crippen molar-refractivity contribution in [1.82, 2.24) is 0 Å². The second-order valence-corrected chi connectivity index (χ2v) is 12.4. The highest BCUT2D eigenvalue weighted by Gasteiger charge is 2.33. The molecule has 0 aromatic heterocycles. The minimum Gasteiger partial charge on any atom is -0.455 e. The summed E-state index contributed by atoms with van der Waals surface area (Å²) >= 11 is 0. The molecule has 2 rings (SSSR count). The van der Waals surface area contributed by atoms with E-state index in [4.69, 9.17) is 9.47 Å². The molecular weight excluding hydrogens is 500 g/mol. The molecule has 0 spiro atoms. The summed E-state index contributed by atoms with van der Waals surface area (Å²) in [5.74, 6) is -0.128. The number of cyclic esters (lactones) is 1. The number of hydrogen-bond donors (Lipinski definition) is 2. The SMILES string of the molecule is CCCCCCCCCC/C=C\CC[C@@H](O)[C@H]1CC[C@H]([C@H](O)CCCCCCCCCCC2=CC(C)OC2=O)O1. The maximum Gasteiger partial charge on any atom is 0.334 e. The van der Waals surface area contributed by atoms with Crippen LogP contribution in [0.3, 0.4) is 0 Å². The predicted octanol–water partition coefficient (Wildman–Crippen LogP) is 8.90. The van der Waals surface area contributed by atoms with Gasteiger partial charge < -0.3 is 19.7 Å². The van der Waals surface area contributed by atoms with E-state index in [-0.39, 0.29) is 24.3 Å². The van der Waals surface area contributed by atoms with Crippen LogP contribution in [-0.2, 0) is 14.3 Å². The van der Waals surface area contributed by atoms with Crippen LogP contribution in [0, 0.1) is 0 Å². The van der Waals surface area contributed by atoms with E-state index in [0.717, 1.165) is 69.8 Å². The van der Waals surface area contributed by atoms with Gasteiger partial charge in [0.2, 0.25) is 0 Å². The van der Waals surface area contributed by atoms with Gasteiger partial charge in [-0.05, 0) is 70.8 Å². The van der Waals surface area contributed by atoms with Gasteiger partial charge in [-0.25, -0.2) is 4.79 Å². The first-order valence-corrected chi connectivity index (χ1v) is 17.1. The van der Waals surface area contributed by atoms with Gasteiger partial charge in [0.15, 0.2) is 0 Å². The van der Waals surface area contributed by atoms with Gasteiger partial charge >= 0.3 is 5.97 Å². The molecule has 0 amide bonds. The number of hydrogen-bond acceptors (Lipinski definition) is 5. The van der Waals surface area contributed by atoms with Crippen LogP contribution in [0.5, 0.6) is 0 Å². The van der Waals surface area contributed by atoms with E-state index >= 15 is 0 Å². The Bertz CT molecular complexity index is 702. The first kappa shape index (κ1) is 35.0. The smallest absolute Gasteiger partial charge is 0.334 e. The van der Waals surface area contributed by atoms with Gasteiger partial charge in [-0.3, -0.25) is 0 Å². The first-order valence-electron chi connectivity index (χ1n) is 17.1. The van der Waals surface area contributed by atoms with Crippen molar-refractivity contribution < 1.29 is 24.5 Å². The Morgan fingerprint density at radius 1 is 0.750 bits per heavy atom. The lowest BCUT2D eigenvalue weighted by atomic mass is 10.0. The van der Waals surface area contributed by atoms with Crippen LogP contribution in [0.1, 0.15) is 162 Å². The van der Waals surface area contributed by atoms with Crippen molar-refractivity contribution in [1.29, 1.82) is 0 Å². The average Bonchev–Trinajstić information content (AvgIpc) is 3.56. The number of aliphatic hydroxyl groups is 2. The summed E-state index contributed by atoms with van der Waals surface area (Å²) in [5.41, 5.74) is 0.856. The van der Waals surface area contributed by atoms with Gasteiger partial charge in [0.05, 0.1) is 24.4 Å². The predicted molar refractivity (Wildman–Crippen MR) is 165 cm³/mol. The van der Waals surface area contributed by atoms with Crippen molar-refractivity contribution in [3.63, 3.8) is 0 Å². The molecule has 0 aromatic carbocycles. The molecule has 5 heteroatoms. The molecule has 0 aliphatic carbocycles. The van der Waals surface area contributed by atoms with Crippen LogP contribution in [0.15, 0.2) is 23.8 Å². The minimum absolute atomic E-state index is 0.0548. The van der Waals surface area contributed by atoms with Gasteiger partial charge in [-0.1, -0.05) is 109 Å². The molecular formula is C35H62O5. The lowest BCUT2D eigenvalue weighted by molar-refractivity contribution is -0.139. The van der Waals surface area contributed by atoms with Crippen LogP contribution < -0.4 is 0 Å². The zero-order valence-electron chi connectivity index (χ0n) is 26.0. The van der Waals surface area contributed by atoms with Crippen molar-refractivity contribution in [2.75, 3.05) is 0 Å². The Labute approximate surface area is 246 Å². The Morgan fingerprint density at radius 3 is 1.88 bits per heavy atom. The number of carbonyl (C=O) groups is 1. The molecule has 1 fully saturated rings. The number of allylic oxidation sites excluding steroid dienone is 2. The average molecular weight is 563 g/mol. The third-order valence-electron chi connectivity index (χ3n) is 8.65. The zero-order valence-corrected chi connectivity index (χ0v) is 26.0. The molecule has 5 atom stereocenters. The maximum absolute atomic E-state index is 11.6. The number of esters is 1. The topological polar surface area (TPSA) is 76.0 Å². The molecule has 2 N–H and O–H groups in total. The molecule has 0 bridgehead atoms. The fourth-order valence-corrected chi connectivity index (χ4v) is 6.07. The standard InChI is InChI=1S/C35H62O5/c1-3-4-5-6-7-8-9-10-11-15-18-21-24-31(36)33-26-27-34(40-33)32(37)25-22-19-16-13-12-14-17-20-23-30-28-29(2)39-35(30)38/h15,18,28-29,31-34,36-37H,3-14,16-17,19-27H2,1-2H3/b18-15-/t29?,31-,32-,33-,34-/m1/s1. The second kappa shape index (κ2) is 22.4. The van der Waals surface area contributed by atoms with E-state index < -0.39 is 12.2 Å². The van der Waals surface area contributed by atoms with E-state index in [1.165, 1.54) is 83.5 Å². The number of ether oxygens (including phenoxy) is 2. The molecule has 1 unspecified atom stereocenters. The quantitative estimate of drug-likeness (QED) is 0.0660. The zero-order chi connectivity index (χ0) is 28.8. The first-order chi connectivity index (χ1) is 19.5. The number of carbonyl (C=O) groups excluding carboxylic acids is 1. The highest BCUT2D eigenvalue weighted by molar-refractivity contribution is 5.90. The van der Waals surface area contributed by atoms with Crippen LogP contribution in [-0.4, -0.2) is 46.7 Å². The second-order valence-electron chi connectivity index (χ2n) is 12.4. The largest absolute Gasteiger partial charge is 0.455 e.